The predicted octanol–water partition coefficient (Wildman–Crippen LogP) is 2.26. The van der Waals surface area contributed by atoms with E-state index in [0.29, 0.717) is 18.7 Å². The van der Waals surface area contributed by atoms with Crippen molar-refractivity contribution in [3.63, 3.8) is 0 Å². The molecule has 5 heteroatoms. The van der Waals surface area contributed by atoms with E-state index in [1.54, 1.807) is 48.0 Å². The molecule has 18 heavy (non-hydrogen) atoms. The van der Waals surface area contributed by atoms with Crippen LogP contribution in [0.1, 0.15) is 17.3 Å². The van der Waals surface area contributed by atoms with E-state index in [1.807, 2.05) is 0 Å². The molecule has 0 spiro atoms. The van der Waals surface area contributed by atoms with Crippen LogP contribution in [-0.2, 0) is 0 Å². The lowest BCUT2D eigenvalue weighted by Gasteiger charge is -2.17. The number of benzene rings is 1. The van der Waals surface area contributed by atoms with Crippen molar-refractivity contribution < 1.29 is 9.53 Å². The maximum Gasteiger partial charge on any atom is 0.259 e. The van der Waals surface area contributed by atoms with Gasteiger partial charge in [0.25, 0.3) is 5.91 Å². The van der Waals surface area contributed by atoms with Crippen molar-refractivity contribution in [1.29, 1.82) is 0 Å². The Labute approximate surface area is 111 Å². The van der Waals surface area contributed by atoms with Crippen LogP contribution in [0, 0.1) is 0 Å². The molecule has 0 aromatic heterocycles. The van der Waals surface area contributed by atoms with Crippen molar-refractivity contribution in [1.82, 2.24) is 4.90 Å². The second kappa shape index (κ2) is 5.91. The first kappa shape index (κ1) is 13.0. The Balaban J connectivity index is 2.13. The number of ether oxygens (including phenoxy) is 1. The first-order chi connectivity index (χ1) is 8.76. The molecule has 1 aromatic rings. The monoisotopic (exact) mass is 264 g/mol. The van der Waals surface area contributed by atoms with Crippen LogP contribution >= 0.6 is 11.8 Å². The minimum absolute atomic E-state index is 0.00912. The van der Waals surface area contributed by atoms with Gasteiger partial charge in [-0.2, -0.15) is 0 Å². The summed E-state index contributed by atoms with van der Waals surface area (Å²) in [7, 11) is 1.61. The van der Waals surface area contributed by atoms with Gasteiger partial charge in [-0.25, -0.2) is 0 Å². The summed E-state index contributed by atoms with van der Waals surface area (Å²) >= 11 is 1.61. The number of nitrogens with zero attached hydrogens (tertiary/aromatic N) is 2. The Bertz CT molecular complexity index is 457. The van der Waals surface area contributed by atoms with E-state index in [9.17, 15) is 4.79 Å². The van der Waals surface area contributed by atoms with Gasteiger partial charge in [-0.1, -0.05) is 18.7 Å². The summed E-state index contributed by atoms with van der Waals surface area (Å²) in [5.41, 5.74) is 0.669. The highest BCUT2D eigenvalue weighted by Gasteiger charge is 2.24. The molecule has 0 saturated carbocycles. The standard InChI is InChI=1S/C13H16N2O2S/c1-3-18-13-14-8-9-15(13)12(16)10-4-6-11(17-2)7-5-10/h4-7H,3,8-9H2,1-2H3. The highest BCUT2D eigenvalue weighted by Crippen LogP contribution is 2.18. The molecule has 0 bridgehead atoms. The smallest absolute Gasteiger partial charge is 0.259 e. The van der Waals surface area contributed by atoms with E-state index in [0.717, 1.165) is 16.7 Å². The van der Waals surface area contributed by atoms with E-state index >= 15 is 0 Å². The molecule has 0 fully saturated rings. The number of methoxy groups -OCH3 is 1. The molecule has 1 aliphatic heterocycles. The molecule has 0 saturated heterocycles. The van der Waals surface area contributed by atoms with E-state index in [2.05, 4.69) is 11.9 Å². The first-order valence-corrected chi connectivity index (χ1v) is 6.88. The van der Waals surface area contributed by atoms with Crippen molar-refractivity contribution in [2.24, 2.45) is 4.99 Å². The van der Waals surface area contributed by atoms with Crippen molar-refractivity contribution in [2.75, 3.05) is 26.0 Å². The Morgan fingerprint density at radius 1 is 1.44 bits per heavy atom. The summed E-state index contributed by atoms with van der Waals surface area (Å²) in [6.45, 7) is 3.43. The Kier molecular flexibility index (Phi) is 4.25. The number of rotatable bonds is 3. The van der Waals surface area contributed by atoms with Gasteiger partial charge in [-0.3, -0.25) is 14.7 Å². The second-order valence-electron chi connectivity index (χ2n) is 3.78. The third-order valence-corrected chi connectivity index (χ3v) is 3.55. The number of aliphatic imine (C=N–C) groups is 1. The molecular weight excluding hydrogens is 248 g/mol. The van der Waals surface area contributed by atoms with E-state index < -0.39 is 0 Å². The summed E-state index contributed by atoms with van der Waals surface area (Å²) in [5, 5.41) is 0.832. The number of hydrogen-bond acceptors (Lipinski definition) is 4. The fourth-order valence-electron chi connectivity index (χ4n) is 1.76. The number of amides is 1. The first-order valence-electron chi connectivity index (χ1n) is 5.89. The number of hydrogen-bond donors (Lipinski definition) is 0. The molecule has 0 N–H and O–H groups in total. The van der Waals surface area contributed by atoms with Crippen LogP contribution in [-0.4, -0.2) is 41.9 Å². The van der Waals surface area contributed by atoms with Crippen molar-refractivity contribution >= 4 is 22.8 Å². The zero-order chi connectivity index (χ0) is 13.0. The molecule has 4 nitrogen and oxygen atoms in total. The average molecular weight is 264 g/mol. The van der Waals surface area contributed by atoms with Gasteiger partial charge in [0, 0.05) is 12.1 Å². The molecule has 0 radical (unpaired) electrons. The molecule has 2 rings (SSSR count). The summed E-state index contributed by atoms with van der Waals surface area (Å²) in [5.74, 6) is 1.69. The van der Waals surface area contributed by atoms with E-state index in [1.165, 1.54) is 0 Å². The molecule has 0 aliphatic carbocycles. The van der Waals surface area contributed by atoms with Crippen LogP contribution in [0.5, 0.6) is 5.75 Å². The van der Waals surface area contributed by atoms with Crippen LogP contribution in [0.4, 0.5) is 0 Å². The third-order valence-electron chi connectivity index (χ3n) is 2.66. The van der Waals surface area contributed by atoms with Gasteiger partial charge in [0.1, 0.15) is 5.75 Å². The highest BCUT2D eigenvalue weighted by molar-refractivity contribution is 8.13. The van der Waals surface area contributed by atoms with Crippen LogP contribution in [0.15, 0.2) is 29.3 Å². The lowest BCUT2D eigenvalue weighted by Crippen LogP contribution is -2.32. The zero-order valence-electron chi connectivity index (χ0n) is 10.5. The van der Waals surface area contributed by atoms with Crippen LogP contribution in [0.3, 0.4) is 0 Å². The Morgan fingerprint density at radius 3 is 2.78 bits per heavy atom. The fourth-order valence-corrected chi connectivity index (χ4v) is 2.53. The highest BCUT2D eigenvalue weighted by atomic mass is 32.2. The zero-order valence-corrected chi connectivity index (χ0v) is 11.4. The SMILES string of the molecule is CCSC1=NCCN1C(=O)c1ccc(OC)cc1. The van der Waals surface area contributed by atoms with Gasteiger partial charge in [0.15, 0.2) is 5.17 Å². The number of amidine groups is 1. The lowest BCUT2D eigenvalue weighted by molar-refractivity contribution is 0.0860. The normalized spacial score (nSPS) is 14.6. The van der Waals surface area contributed by atoms with Gasteiger partial charge in [-0.15, -0.1) is 0 Å². The molecule has 1 aromatic carbocycles. The van der Waals surface area contributed by atoms with Crippen LogP contribution in [0.25, 0.3) is 0 Å². The molecule has 96 valence electrons. The third kappa shape index (κ3) is 2.67. The molecule has 1 amide bonds. The Morgan fingerprint density at radius 2 is 2.17 bits per heavy atom. The topological polar surface area (TPSA) is 41.9 Å². The number of thioether (sulfide) groups is 1. The van der Waals surface area contributed by atoms with Crippen LogP contribution < -0.4 is 4.74 Å². The number of carbonyl (C=O) groups is 1. The summed E-state index contributed by atoms with van der Waals surface area (Å²) in [4.78, 5) is 18.4. The molecule has 1 heterocycles. The van der Waals surface area contributed by atoms with E-state index in [-0.39, 0.29) is 5.91 Å². The van der Waals surface area contributed by atoms with Gasteiger partial charge in [0.05, 0.1) is 13.7 Å². The Hall–Kier alpha value is -1.49. The summed E-state index contributed by atoms with van der Waals surface area (Å²) < 4.78 is 5.08. The number of carbonyl (C=O) groups excluding carboxylic acids is 1. The van der Waals surface area contributed by atoms with E-state index in [4.69, 9.17) is 4.74 Å². The molecular formula is C13H16N2O2S. The minimum atomic E-state index is 0.00912. The maximum absolute atomic E-state index is 12.3. The molecule has 0 atom stereocenters. The van der Waals surface area contributed by atoms with Gasteiger partial charge in [0.2, 0.25) is 0 Å². The fraction of sp³-hybridized carbons (Fsp3) is 0.385. The predicted molar refractivity (Wildman–Crippen MR) is 74.5 cm³/mol. The maximum atomic E-state index is 12.3. The summed E-state index contributed by atoms with van der Waals surface area (Å²) in [6, 6.07) is 7.17. The molecule has 0 unspecified atom stereocenters. The van der Waals surface area contributed by atoms with Gasteiger partial charge >= 0.3 is 0 Å². The average Bonchev–Trinajstić information content (AvgIpc) is 2.87. The van der Waals surface area contributed by atoms with Crippen LogP contribution in [0.2, 0.25) is 0 Å². The second-order valence-corrected chi connectivity index (χ2v) is 5.01. The van der Waals surface area contributed by atoms with Gasteiger partial charge in [-0.05, 0) is 30.0 Å². The minimum Gasteiger partial charge on any atom is -0.497 e. The van der Waals surface area contributed by atoms with Crippen molar-refractivity contribution in [3.05, 3.63) is 29.8 Å². The molecule has 1 aliphatic rings. The van der Waals surface area contributed by atoms with Crippen molar-refractivity contribution in [3.8, 4) is 5.75 Å². The largest absolute Gasteiger partial charge is 0.497 e. The lowest BCUT2D eigenvalue weighted by atomic mass is 10.2. The van der Waals surface area contributed by atoms with Crippen molar-refractivity contribution in [2.45, 2.75) is 6.92 Å². The van der Waals surface area contributed by atoms with Gasteiger partial charge < -0.3 is 4.74 Å². The summed E-state index contributed by atoms with van der Waals surface area (Å²) in [6.07, 6.45) is 0. The quantitative estimate of drug-likeness (QED) is 0.841.